The monoisotopic (exact) mass is 280 g/mol. The molecule has 4 aromatic rings. The lowest BCUT2D eigenvalue weighted by Crippen LogP contribution is -1.96. The summed E-state index contributed by atoms with van der Waals surface area (Å²) < 4.78 is 5.33. The van der Waals surface area contributed by atoms with Crippen molar-refractivity contribution in [1.29, 1.82) is 0 Å². The van der Waals surface area contributed by atoms with Crippen LogP contribution in [-0.2, 0) is 6.61 Å². The van der Waals surface area contributed by atoms with Crippen molar-refractivity contribution >= 4 is 33.5 Å². The molecule has 0 spiro atoms. The summed E-state index contributed by atoms with van der Waals surface area (Å²) in [5.74, 6) is 0.660. The quantitative estimate of drug-likeness (QED) is 0.537. The number of anilines is 2. The van der Waals surface area contributed by atoms with E-state index in [1.54, 1.807) is 12.5 Å². The number of hydrogen-bond donors (Lipinski definition) is 3. The van der Waals surface area contributed by atoms with Crippen LogP contribution in [0.3, 0.4) is 0 Å². The maximum absolute atomic E-state index is 9.41. The molecule has 0 bridgehead atoms. The van der Waals surface area contributed by atoms with Crippen molar-refractivity contribution in [3.8, 4) is 0 Å². The maximum atomic E-state index is 9.41. The zero-order chi connectivity index (χ0) is 14.2. The van der Waals surface area contributed by atoms with Crippen molar-refractivity contribution in [1.82, 2.24) is 15.0 Å². The molecule has 0 amide bonds. The number of aliphatic hydroxyl groups is 1. The molecule has 0 radical (unpaired) electrons. The number of aromatic amines is 1. The predicted molar refractivity (Wildman–Crippen MR) is 79.3 cm³/mol. The number of H-pyrrole nitrogens is 1. The highest BCUT2D eigenvalue weighted by atomic mass is 16.3. The van der Waals surface area contributed by atoms with Crippen LogP contribution in [0, 0.1) is 0 Å². The van der Waals surface area contributed by atoms with Crippen LogP contribution in [0.15, 0.2) is 47.5 Å². The molecule has 21 heavy (non-hydrogen) atoms. The van der Waals surface area contributed by atoms with Crippen LogP contribution in [0.1, 0.15) is 5.56 Å². The number of nitrogens with zero attached hydrogens (tertiary/aromatic N) is 2. The van der Waals surface area contributed by atoms with Gasteiger partial charge in [-0.25, -0.2) is 9.97 Å². The van der Waals surface area contributed by atoms with Gasteiger partial charge >= 0.3 is 0 Å². The van der Waals surface area contributed by atoms with Crippen molar-refractivity contribution in [2.75, 3.05) is 5.32 Å². The van der Waals surface area contributed by atoms with Gasteiger partial charge in [-0.3, -0.25) is 0 Å². The first kappa shape index (κ1) is 11.9. The minimum atomic E-state index is -0.0666. The molecular weight excluding hydrogens is 268 g/mol. The van der Waals surface area contributed by atoms with Crippen LogP contribution in [0.25, 0.3) is 22.0 Å². The molecule has 0 aliphatic rings. The average Bonchev–Trinajstić information content (AvgIpc) is 3.13. The van der Waals surface area contributed by atoms with Gasteiger partial charge in [0, 0.05) is 22.8 Å². The topological polar surface area (TPSA) is 87.0 Å². The molecule has 0 saturated heterocycles. The lowest BCUT2D eigenvalue weighted by molar-refractivity contribution is 0.283. The highest BCUT2D eigenvalue weighted by Crippen LogP contribution is 2.27. The summed E-state index contributed by atoms with van der Waals surface area (Å²) in [6, 6.07) is 7.72. The number of aromatic nitrogens is 3. The molecular formula is C15H12N4O2. The molecule has 6 heteroatoms. The highest BCUT2D eigenvalue weighted by molar-refractivity contribution is 5.92. The molecule has 4 rings (SSSR count). The summed E-state index contributed by atoms with van der Waals surface area (Å²) in [6.07, 6.45) is 4.88. The molecule has 0 saturated carbocycles. The van der Waals surface area contributed by atoms with Crippen molar-refractivity contribution in [2.45, 2.75) is 6.61 Å². The minimum Gasteiger partial charge on any atom is -0.464 e. The van der Waals surface area contributed by atoms with Crippen LogP contribution < -0.4 is 5.32 Å². The van der Waals surface area contributed by atoms with E-state index in [1.807, 2.05) is 24.3 Å². The van der Waals surface area contributed by atoms with E-state index >= 15 is 0 Å². The van der Waals surface area contributed by atoms with E-state index in [0.717, 1.165) is 27.6 Å². The zero-order valence-corrected chi connectivity index (χ0v) is 11.0. The Morgan fingerprint density at radius 3 is 3.10 bits per heavy atom. The Bertz CT molecular complexity index is 926. The van der Waals surface area contributed by atoms with Crippen molar-refractivity contribution < 1.29 is 9.52 Å². The molecule has 0 aliphatic carbocycles. The Balaban J connectivity index is 1.81. The Morgan fingerprint density at radius 2 is 2.19 bits per heavy atom. The van der Waals surface area contributed by atoms with E-state index in [9.17, 15) is 5.11 Å². The minimum absolute atomic E-state index is 0.0666. The van der Waals surface area contributed by atoms with E-state index in [-0.39, 0.29) is 6.61 Å². The number of aliphatic hydroxyl groups excluding tert-OH is 1. The van der Waals surface area contributed by atoms with Gasteiger partial charge in [0.1, 0.15) is 23.4 Å². The summed E-state index contributed by atoms with van der Waals surface area (Å²) in [6.45, 7) is -0.0666. The zero-order valence-electron chi connectivity index (χ0n) is 11.0. The first-order valence-corrected chi connectivity index (χ1v) is 6.51. The number of rotatable bonds is 3. The molecule has 0 fully saturated rings. The average molecular weight is 280 g/mol. The number of benzene rings is 1. The number of furan rings is 1. The standard InChI is InChI=1S/C15H12N4O2/c20-7-10-6-16-14-13(10)15(18-8-17-14)19-11-1-2-12-9(5-11)3-4-21-12/h1-6,8,20H,7H2,(H2,16,17,18,19). The Hall–Kier alpha value is -2.86. The summed E-state index contributed by atoms with van der Waals surface area (Å²) in [4.78, 5) is 11.5. The van der Waals surface area contributed by atoms with Crippen LogP contribution in [0.5, 0.6) is 0 Å². The first-order chi connectivity index (χ1) is 10.3. The van der Waals surface area contributed by atoms with Crippen LogP contribution >= 0.6 is 0 Å². The molecule has 6 nitrogen and oxygen atoms in total. The maximum Gasteiger partial charge on any atom is 0.143 e. The van der Waals surface area contributed by atoms with Gasteiger partial charge in [0.05, 0.1) is 18.3 Å². The van der Waals surface area contributed by atoms with E-state index in [1.165, 1.54) is 6.33 Å². The fraction of sp³-hybridized carbons (Fsp3) is 0.0667. The number of nitrogens with one attached hydrogen (secondary N) is 2. The van der Waals surface area contributed by atoms with E-state index in [4.69, 9.17) is 4.42 Å². The molecule has 0 atom stereocenters. The fourth-order valence-corrected chi connectivity index (χ4v) is 2.43. The SMILES string of the molecule is OCc1c[nH]c2ncnc(Nc3ccc4occc4c3)c12. The molecule has 104 valence electrons. The molecule has 0 aliphatic heterocycles. The number of fused-ring (bicyclic) bond motifs is 2. The fourth-order valence-electron chi connectivity index (χ4n) is 2.43. The molecule has 3 N–H and O–H groups in total. The Kier molecular flexibility index (Phi) is 2.61. The van der Waals surface area contributed by atoms with Crippen molar-refractivity contribution in [3.05, 3.63) is 48.6 Å². The highest BCUT2D eigenvalue weighted by Gasteiger charge is 2.11. The van der Waals surface area contributed by atoms with E-state index < -0.39 is 0 Å². The molecule has 3 aromatic heterocycles. The van der Waals surface area contributed by atoms with Crippen molar-refractivity contribution in [2.24, 2.45) is 0 Å². The van der Waals surface area contributed by atoms with Gasteiger partial charge in [-0.1, -0.05) is 0 Å². The largest absolute Gasteiger partial charge is 0.464 e. The third kappa shape index (κ3) is 1.93. The van der Waals surface area contributed by atoms with Gasteiger partial charge in [-0.2, -0.15) is 0 Å². The smallest absolute Gasteiger partial charge is 0.143 e. The molecule has 0 unspecified atom stereocenters. The lowest BCUT2D eigenvalue weighted by atomic mass is 10.2. The van der Waals surface area contributed by atoms with Crippen LogP contribution in [0.2, 0.25) is 0 Å². The summed E-state index contributed by atoms with van der Waals surface area (Å²) >= 11 is 0. The van der Waals surface area contributed by atoms with Gasteiger partial charge in [0.25, 0.3) is 0 Å². The second kappa shape index (κ2) is 4.60. The normalized spacial score (nSPS) is 11.3. The third-order valence-electron chi connectivity index (χ3n) is 3.44. The third-order valence-corrected chi connectivity index (χ3v) is 3.44. The van der Waals surface area contributed by atoms with Gasteiger partial charge in [-0.05, 0) is 24.3 Å². The van der Waals surface area contributed by atoms with E-state index in [0.29, 0.717) is 11.5 Å². The molecule has 1 aromatic carbocycles. The van der Waals surface area contributed by atoms with Gasteiger partial charge < -0.3 is 19.8 Å². The lowest BCUT2D eigenvalue weighted by Gasteiger charge is -2.07. The van der Waals surface area contributed by atoms with Crippen LogP contribution in [-0.4, -0.2) is 20.1 Å². The Labute approximate surface area is 119 Å². The van der Waals surface area contributed by atoms with E-state index in [2.05, 4.69) is 20.3 Å². The van der Waals surface area contributed by atoms with Gasteiger partial charge in [-0.15, -0.1) is 0 Å². The van der Waals surface area contributed by atoms with Crippen molar-refractivity contribution in [3.63, 3.8) is 0 Å². The van der Waals surface area contributed by atoms with Gasteiger partial charge in [0.15, 0.2) is 0 Å². The first-order valence-electron chi connectivity index (χ1n) is 6.51. The predicted octanol–water partition coefficient (Wildman–Crippen LogP) is 2.94. The molecule has 3 heterocycles. The second-order valence-corrected chi connectivity index (χ2v) is 4.72. The summed E-state index contributed by atoms with van der Waals surface area (Å²) in [7, 11) is 0. The second-order valence-electron chi connectivity index (χ2n) is 4.72. The van der Waals surface area contributed by atoms with Gasteiger partial charge in [0.2, 0.25) is 0 Å². The van der Waals surface area contributed by atoms with Crippen LogP contribution in [0.4, 0.5) is 11.5 Å². The number of hydrogen-bond acceptors (Lipinski definition) is 5. The summed E-state index contributed by atoms with van der Waals surface area (Å²) in [5.41, 5.74) is 3.19. The Morgan fingerprint density at radius 1 is 1.24 bits per heavy atom. The summed E-state index contributed by atoms with van der Waals surface area (Å²) in [5, 5.41) is 14.5.